The first-order valence-electron chi connectivity index (χ1n) is 7.26. The summed E-state index contributed by atoms with van der Waals surface area (Å²) in [6.45, 7) is 1.58. The van der Waals surface area contributed by atoms with E-state index in [0.717, 1.165) is 18.5 Å². The van der Waals surface area contributed by atoms with Crippen LogP contribution in [-0.4, -0.2) is 49.5 Å². The number of hydrogen-bond donors (Lipinski definition) is 2. The minimum absolute atomic E-state index is 0.0388. The van der Waals surface area contributed by atoms with Crippen LogP contribution in [0.4, 0.5) is 5.13 Å². The summed E-state index contributed by atoms with van der Waals surface area (Å²) < 4.78 is 24.6. The van der Waals surface area contributed by atoms with Crippen LogP contribution in [0.15, 0.2) is 5.38 Å². The zero-order chi connectivity index (χ0) is 16.2. The number of carbonyl (C=O) groups excluding carboxylic acids is 1. The number of amides is 1. The Kier molecular flexibility index (Phi) is 5.76. The smallest absolute Gasteiger partial charge is 0.220 e. The van der Waals surface area contributed by atoms with E-state index >= 15 is 0 Å². The molecule has 1 aromatic rings. The summed E-state index contributed by atoms with van der Waals surface area (Å²) >= 11 is 1.37. The highest BCUT2D eigenvalue weighted by molar-refractivity contribution is 7.88. The topological polar surface area (TPSA) is 105 Å². The first-order chi connectivity index (χ1) is 10.3. The molecule has 1 amide bonds. The number of nitrogen functional groups attached to an aromatic ring is 1. The van der Waals surface area contributed by atoms with E-state index < -0.39 is 10.0 Å². The van der Waals surface area contributed by atoms with Crippen LogP contribution in [-0.2, 0) is 21.2 Å². The van der Waals surface area contributed by atoms with E-state index in [-0.39, 0.29) is 11.8 Å². The molecule has 0 bridgehead atoms. The predicted octanol–water partition coefficient (Wildman–Crippen LogP) is 0.446. The average molecular weight is 346 g/mol. The highest BCUT2D eigenvalue weighted by atomic mass is 32.2. The molecule has 2 rings (SSSR count). The molecule has 22 heavy (non-hydrogen) atoms. The molecular weight excluding hydrogens is 324 g/mol. The van der Waals surface area contributed by atoms with Gasteiger partial charge in [-0.2, -0.15) is 0 Å². The second-order valence-corrected chi connectivity index (χ2v) is 8.48. The number of rotatable bonds is 6. The molecule has 1 aromatic heterocycles. The molecule has 0 aliphatic carbocycles. The van der Waals surface area contributed by atoms with Gasteiger partial charge in [-0.3, -0.25) is 4.79 Å². The van der Waals surface area contributed by atoms with Gasteiger partial charge in [-0.05, 0) is 25.2 Å². The molecule has 124 valence electrons. The van der Waals surface area contributed by atoms with Crippen molar-refractivity contribution in [2.24, 2.45) is 5.92 Å². The molecule has 1 fully saturated rings. The van der Waals surface area contributed by atoms with Crippen molar-refractivity contribution in [1.29, 1.82) is 0 Å². The lowest BCUT2D eigenvalue weighted by Crippen LogP contribution is -2.43. The number of aromatic nitrogens is 1. The highest BCUT2D eigenvalue weighted by Gasteiger charge is 2.25. The molecular formula is C13H22N4O3S2. The van der Waals surface area contributed by atoms with Gasteiger partial charge in [0.25, 0.3) is 0 Å². The highest BCUT2D eigenvalue weighted by Crippen LogP contribution is 2.18. The lowest BCUT2D eigenvalue weighted by atomic mass is 9.99. The Morgan fingerprint density at radius 2 is 2.36 bits per heavy atom. The Balaban J connectivity index is 1.71. The molecule has 1 aliphatic heterocycles. The minimum atomic E-state index is -3.14. The summed E-state index contributed by atoms with van der Waals surface area (Å²) in [7, 11) is -3.14. The summed E-state index contributed by atoms with van der Waals surface area (Å²) in [5.74, 6) is 0.144. The maximum Gasteiger partial charge on any atom is 0.220 e. The van der Waals surface area contributed by atoms with Crippen molar-refractivity contribution in [3.05, 3.63) is 11.1 Å². The maximum atomic E-state index is 11.8. The maximum absolute atomic E-state index is 11.8. The van der Waals surface area contributed by atoms with Crippen molar-refractivity contribution in [3.63, 3.8) is 0 Å². The Bertz CT molecular complexity index is 615. The number of nitrogens with one attached hydrogen (secondary N) is 1. The van der Waals surface area contributed by atoms with Gasteiger partial charge in [0.2, 0.25) is 15.9 Å². The summed E-state index contributed by atoms with van der Waals surface area (Å²) in [5, 5.41) is 5.25. The average Bonchev–Trinajstić information content (AvgIpc) is 2.88. The third-order valence-corrected chi connectivity index (χ3v) is 5.71. The monoisotopic (exact) mass is 346 g/mol. The molecule has 7 nitrogen and oxygen atoms in total. The van der Waals surface area contributed by atoms with Crippen LogP contribution < -0.4 is 11.1 Å². The van der Waals surface area contributed by atoms with Crippen LogP contribution >= 0.6 is 11.3 Å². The molecule has 3 N–H and O–H groups in total. The van der Waals surface area contributed by atoms with Crippen LogP contribution in [0.1, 0.15) is 25.0 Å². The standard InChI is InChI=1S/C13H22N4O3S2/c1-22(19,20)17-6-2-3-10(8-17)7-15-12(18)5-4-11-9-21-13(14)16-11/h9-10H,2-8H2,1H3,(H2,14,16)(H,15,18)/t10-/m0/s1. The quantitative estimate of drug-likeness (QED) is 0.778. The van der Waals surface area contributed by atoms with Crippen molar-refractivity contribution < 1.29 is 13.2 Å². The number of nitrogens with zero attached hydrogens (tertiary/aromatic N) is 2. The number of piperidine rings is 1. The normalized spacial score (nSPS) is 20.0. The summed E-state index contributed by atoms with van der Waals surface area (Å²) in [6.07, 6.45) is 3.94. The van der Waals surface area contributed by atoms with E-state index in [4.69, 9.17) is 5.73 Å². The molecule has 0 saturated carbocycles. The zero-order valence-electron chi connectivity index (χ0n) is 12.6. The first-order valence-corrected chi connectivity index (χ1v) is 9.99. The van der Waals surface area contributed by atoms with Crippen molar-refractivity contribution in [3.8, 4) is 0 Å². The van der Waals surface area contributed by atoms with Crippen LogP contribution in [0.25, 0.3) is 0 Å². The molecule has 1 aliphatic rings. The van der Waals surface area contributed by atoms with Gasteiger partial charge in [-0.15, -0.1) is 11.3 Å². The van der Waals surface area contributed by atoms with Gasteiger partial charge in [-0.25, -0.2) is 17.7 Å². The van der Waals surface area contributed by atoms with Crippen LogP contribution in [0.3, 0.4) is 0 Å². The number of thiazole rings is 1. The Labute approximate surface area is 135 Å². The summed E-state index contributed by atoms with van der Waals surface area (Å²) in [6, 6.07) is 0. The number of aryl methyl sites for hydroxylation is 1. The number of carbonyl (C=O) groups is 1. The van der Waals surface area contributed by atoms with Gasteiger partial charge in [0.15, 0.2) is 5.13 Å². The second-order valence-electron chi connectivity index (χ2n) is 5.61. The molecule has 0 unspecified atom stereocenters. The summed E-state index contributed by atoms with van der Waals surface area (Å²) in [4.78, 5) is 16.0. The van der Waals surface area contributed by atoms with E-state index in [1.807, 2.05) is 5.38 Å². The first kappa shape index (κ1) is 17.2. The van der Waals surface area contributed by atoms with E-state index in [2.05, 4.69) is 10.3 Å². The van der Waals surface area contributed by atoms with Crippen molar-refractivity contribution in [2.45, 2.75) is 25.7 Å². The van der Waals surface area contributed by atoms with Crippen molar-refractivity contribution >= 4 is 32.4 Å². The molecule has 9 heteroatoms. The van der Waals surface area contributed by atoms with E-state index in [1.54, 1.807) is 0 Å². The van der Waals surface area contributed by atoms with Crippen LogP contribution in [0, 0.1) is 5.92 Å². The fourth-order valence-electron chi connectivity index (χ4n) is 2.52. The van der Waals surface area contributed by atoms with Crippen molar-refractivity contribution in [1.82, 2.24) is 14.6 Å². The SMILES string of the molecule is CS(=O)(=O)N1CCC[C@@H](CNC(=O)CCc2csc(N)n2)C1. The van der Waals surface area contributed by atoms with Crippen molar-refractivity contribution in [2.75, 3.05) is 31.6 Å². The van der Waals surface area contributed by atoms with Gasteiger partial charge in [-0.1, -0.05) is 0 Å². The minimum Gasteiger partial charge on any atom is -0.375 e. The number of anilines is 1. The fourth-order valence-corrected chi connectivity index (χ4v) is 4.06. The van der Waals surface area contributed by atoms with Crippen LogP contribution in [0.2, 0.25) is 0 Å². The Morgan fingerprint density at radius 3 is 3.00 bits per heavy atom. The zero-order valence-corrected chi connectivity index (χ0v) is 14.3. The molecule has 0 spiro atoms. The second kappa shape index (κ2) is 7.38. The van der Waals surface area contributed by atoms with E-state index in [1.165, 1.54) is 21.9 Å². The number of hydrogen-bond acceptors (Lipinski definition) is 6. The number of sulfonamides is 1. The van der Waals surface area contributed by atoms with Gasteiger partial charge < -0.3 is 11.1 Å². The third kappa shape index (κ3) is 5.22. The van der Waals surface area contributed by atoms with E-state index in [9.17, 15) is 13.2 Å². The van der Waals surface area contributed by atoms with Gasteiger partial charge in [0.05, 0.1) is 11.9 Å². The molecule has 2 heterocycles. The summed E-state index contributed by atoms with van der Waals surface area (Å²) in [5.41, 5.74) is 6.37. The Morgan fingerprint density at radius 1 is 1.59 bits per heavy atom. The van der Waals surface area contributed by atoms with Gasteiger partial charge >= 0.3 is 0 Å². The van der Waals surface area contributed by atoms with Crippen LogP contribution in [0.5, 0.6) is 0 Å². The largest absolute Gasteiger partial charge is 0.375 e. The lowest BCUT2D eigenvalue weighted by molar-refractivity contribution is -0.121. The van der Waals surface area contributed by atoms with Gasteiger partial charge in [0, 0.05) is 31.4 Å². The Hall–Kier alpha value is -1.19. The number of nitrogens with two attached hydrogens (primary N) is 1. The predicted molar refractivity (Wildman–Crippen MR) is 87.0 cm³/mol. The van der Waals surface area contributed by atoms with E-state index in [0.29, 0.717) is 37.6 Å². The molecule has 1 atom stereocenters. The lowest BCUT2D eigenvalue weighted by Gasteiger charge is -2.30. The third-order valence-electron chi connectivity index (χ3n) is 3.72. The molecule has 0 radical (unpaired) electrons. The fraction of sp³-hybridized carbons (Fsp3) is 0.692. The molecule has 1 saturated heterocycles. The van der Waals surface area contributed by atoms with Gasteiger partial charge in [0.1, 0.15) is 0 Å². The molecule has 0 aromatic carbocycles.